The van der Waals surface area contributed by atoms with Gasteiger partial charge in [-0.2, -0.15) is 18.3 Å². The van der Waals surface area contributed by atoms with Gasteiger partial charge in [0, 0.05) is 37.8 Å². The third kappa shape index (κ3) is 6.28. The quantitative estimate of drug-likeness (QED) is 0.742. The summed E-state index contributed by atoms with van der Waals surface area (Å²) in [6, 6.07) is 10.2. The number of piperidine rings is 1. The SMILES string of the molecule is Cc1ccc(N2CCCC3(COCCN(c4ccccn4)C3)C2)nn1.O=C(O)C(F)(F)F. The van der Waals surface area contributed by atoms with Crippen LogP contribution in [-0.2, 0) is 9.53 Å². The lowest BCUT2D eigenvalue weighted by atomic mass is 9.80. The molecule has 0 saturated carbocycles. The number of carbonyl (C=O) groups is 1. The average molecular weight is 453 g/mol. The van der Waals surface area contributed by atoms with Gasteiger partial charge in [-0.15, -0.1) is 5.10 Å². The number of aromatic nitrogens is 3. The van der Waals surface area contributed by atoms with Crippen LogP contribution in [0.1, 0.15) is 18.5 Å². The van der Waals surface area contributed by atoms with Crippen molar-refractivity contribution in [3.63, 3.8) is 0 Å². The second-order valence-electron chi connectivity index (χ2n) is 8.02. The van der Waals surface area contributed by atoms with Crippen LogP contribution in [0.2, 0.25) is 0 Å². The van der Waals surface area contributed by atoms with Gasteiger partial charge in [0.2, 0.25) is 0 Å². The minimum absolute atomic E-state index is 0.110. The van der Waals surface area contributed by atoms with Gasteiger partial charge in [-0.05, 0) is 44.0 Å². The van der Waals surface area contributed by atoms with Gasteiger partial charge in [0.1, 0.15) is 5.82 Å². The molecular formula is C21H26F3N5O3. The summed E-state index contributed by atoms with van der Waals surface area (Å²) >= 11 is 0. The summed E-state index contributed by atoms with van der Waals surface area (Å²) < 4.78 is 37.7. The minimum atomic E-state index is -5.08. The molecule has 8 nitrogen and oxygen atoms in total. The van der Waals surface area contributed by atoms with Crippen LogP contribution < -0.4 is 9.80 Å². The Labute approximate surface area is 184 Å². The molecular weight excluding hydrogens is 427 g/mol. The second kappa shape index (κ2) is 10.1. The van der Waals surface area contributed by atoms with Crippen molar-refractivity contribution in [2.24, 2.45) is 5.41 Å². The molecule has 2 aromatic rings. The van der Waals surface area contributed by atoms with Crippen LogP contribution in [-0.4, -0.2) is 71.8 Å². The number of rotatable bonds is 2. The van der Waals surface area contributed by atoms with Crippen LogP contribution in [0.25, 0.3) is 0 Å². The molecule has 2 aromatic heterocycles. The van der Waals surface area contributed by atoms with E-state index in [0.717, 1.165) is 63.1 Å². The van der Waals surface area contributed by atoms with Gasteiger partial charge < -0.3 is 19.6 Å². The number of carboxylic acid groups (broad SMARTS) is 1. The van der Waals surface area contributed by atoms with E-state index in [0.29, 0.717) is 0 Å². The van der Waals surface area contributed by atoms with Crippen molar-refractivity contribution < 1.29 is 27.8 Å². The Hall–Kier alpha value is -2.95. The molecule has 0 bridgehead atoms. The Morgan fingerprint density at radius 2 is 1.81 bits per heavy atom. The highest BCUT2D eigenvalue weighted by Crippen LogP contribution is 2.35. The molecule has 2 aliphatic rings. The number of anilines is 2. The molecule has 1 atom stereocenters. The van der Waals surface area contributed by atoms with Gasteiger partial charge in [0.25, 0.3) is 0 Å². The lowest BCUT2D eigenvalue weighted by molar-refractivity contribution is -0.192. The summed E-state index contributed by atoms with van der Waals surface area (Å²) in [7, 11) is 0. The van der Waals surface area contributed by atoms with Crippen LogP contribution in [0.5, 0.6) is 0 Å². The molecule has 11 heteroatoms. The van der Waals surface area contributed by atoms with Crippen LogP contribution in [0, 0.1) is 12.3 Å². The fourth-order valence-corrected chi connectivity index (χ4v) is 3.94. The first-order chi connectivity index (χ1) is 15.2. The standard InChI is InChI=1S/C19H25N5O.C2HF3O2/c1-16-6-7-18(22-21-16)23-10-4-8-19(13-23)14-24(11-12-25-15-19)17-5-2-3-9-20-17;3-2(4,5)1(6)7/h2-3,5-7,9H,4,8,10-15H2,1H3;(H,6,7). The normalized spacial score (nSPS) is 21.5. The molecule has 0 aromatic carbocycles. The summed E-state index contributed by atoms with van der Waals surface area (Å²) in [5.41, 5.74) is 1.06. The largest absolute Gasteiger partial charge is 0.490 e. The number of carboxylic acids is 1. The van der Waals surface area contributed by atoms with Crippen molar-refractivity contribution in [3.8, 4) is 0 Å². The highest BCUT2D eigenvalue weighted by Gasteiger charge is 2.40. The highest BCUT2D eigenvalue weighted by molar-refractivity contribution is 5.73. The van der Waals surface area contributed by atoms with Crippen molar-refractivity contribution in [2.45, 2.75) is 25.9 Å². The molecule has 1 spiro atoms. The van der Waals surface area contributed by atoms with Crippen molar-refractivity contribution in [1.29, 1.82) is 0 Å². The number of hydrogen-bond acceptors (Lipinski definition) is 7. The summed E-state index contributed by atoms with van der Waals surface area (Å²) in [6.45, 7) is 7.37. The van der Waals surface area contributed by atoms with E-state index in [2.05, 4.69) is 43.2 Å². The Morgan fingerprint density at radius 1 is 1.09 bits per heavy atom. The molecule has 0 amide bonds. The zero-order chi connectivity index (χ0) is 23.2. The zero-order valence-electron chi connectivity index (χ0n) is 17.8. The van der Waals surface area contributed by atoms with E-state index in [-0.39, 0.29) is 5.41 Å². The number of pyridine rings is 1. The maximum absolute atomic E-state index is 10.6. The summed E-state index contributed by atoms with van der Waals surface area (Å²) in [5.74, 6) is -0.745. The summed E-state index contributed by atoms with van der Waals surface area (Å²) in [4.78, 5) is 18.2. The Bertz CT molecular complexity index is 882. The molecule has 0 aliphatic carbocycles. The molecule has 2 saturated heterocycles. The number of alkyl halides is 3. The van der Waals surface area contributed by atoms with E-state index in [1.807, 2.05) is 25.3 Å². The number of ether oxygens (including phenoxy) is 1. The molecule has 2 aliphatic heterocycles. The maximum Gasteiger partial charge on any atom is 0.490 e. The van der Waals surface area contributed by atoms with Crippen LogP contribution in [0.15, 0.2) is 36.5 Å². The Kier molecular flexibility index (Phi) is 7.49. The van der Waals surface area contributed by atoms with Crippen molar-refractivity contribution in [1.82, 2.24) is 15.2 Å². The van der Waals surface area contributed by atoms with Gasteiger partial charge in [-0.25, -0.2) is 9.78 Å². The van der Waals surface area contributed by atoms with E-state index < -0.39 is 12.1 Å². The first-order valence-corrected chi connectivity index (χ1v) is 10.3. The highest BCUT2D eigenvalue weighted by atomic mass is 19.4. The van der Waals surface area contributed by atoms with Crippen LogP contribution in [0.4, 0.5) is 24.8 Å². The smallest absolute Gasteiger partial charge is 0.475 e. The van der Waals surface area contributed by atoms with Gasteiger partial charge >= 0.3 is 12.1 Å². The maximum atomic E-state index is 10.6. The van der Waals surface area contributed by atoms with Crippen LogP contribution in [0.3, 0.4) is 0 Å². The van der Waals surface area contributed by atoms with Gasteiger partial charge in [0.15, 0.2) is 5.82 Å². The lowest BCUT2D eigenvalue weighted by Crippen LogP contribution is -2.51. The van der Waals surface area contributed by atoms with E-state index in [1.54, 1.807) is 0 Å². The summed E-state index contributed by atoms with van der Waals surface area (Å²) in [6.07, 6.45) is -0.899. The van der Waals surface area contributed by atoms with Gasteiger partial charge in [-0.1, -0.05) is 6.07 Å². The Balaban J connectivity index is 0.000000360. The number of aryl methyl sites for hydroxylation is 1. The van der Waals surface area contributed by atoms with E-state index in [1.165, 1.54) is 6.42 Å². The minimum Gasteiger partial charge on any atom is -0.475 e. The predicted molar refractivity (Wildman–Crippen MR) is 112 cm³/mol. The van der Waals surface area contributed by atoms with Crippen molar-refractivity contribution >= 4 is 17.6 Å². The molecule has 4 heterocycles. The molecule has 1 unspecified atom stereocenters. The molecule has 2 fully saturated rings. The molecule has 174 valence electrons. The molecule has 32 heavy (non-hydrogen) atoms. The molecule has 1 N–H and O–H groups in total. The third-order valence-electron chi connectivity index (χ3n) is 5.43. The monoisotopic (exact) mass is 453 g/mol. The first kappa shape index (κ1) is 23.7. The first-order valence-electron chi connectivity index (χ1n) is 10.3. The zero-order valence-corrected chi connectivity index (χ0v) is 17.8. The molecule has 4 rings (SSSR count). The van der Waals surface area contributed by atoms with Crippen LogP contribution >= 0.6 is 0 Å². The number of aliphatic carboxylic acids is 1. The molecule has 0 radical (unpaired) electrons. The average Bonchev–Trinajstić information content (AvgIpc) is 2.97. The third-order valence-corrected chi connectivity index (χ3v) is 5.43. The number of nitrogens with zero attached hydrogens (tertiary/aromatic N) is 5. The summed E-state index contributed by atoms with van der Waals surface area (Å²) in [5, 5.41) is 15.7. The van der Waals surface area contributed by atoms with E-state index >= 15 is 0 Å². The number of hydrogen-bond donors (Lipinski definition) is 1. The van der Waals surface area contributed by atoms with Gasteiger partial charge in [0.05, 0.1) is 18.9 Å². The fraction of sp³-hybridized carbons (Fsp3) is 0.524. The fourth-order valence-electron chi connectivity index (χ4n) is 3.94. The van der Waals surface area contributed by atoms with E-state index in [4.69, 9.17) is 14.6 Å². The predicted octanol–water partition coefficient (Wildman–Crippen LogP) is 2.94. The topological polar surface area (TPSA) is 91.7 Å². The number of halogens is 3. The van der Waals surface area contributed by atoms with Gasteiger partial charge in [-0.3, -0.25) is 0 Å². The van der Waals surface area contributed by atoms with E-state index in [9.17, 15) is 13.2 Å². The Morgan fingerprint density at radius 3 is 2.41 bits per heavy atom. The second-order valence-corrected chi connectivity index (χ2v) is 8.02. The lowest BCUT2D eigenvalue weighted by Gasteiger charge is -2.44. The van der Waals surface area contributed by atoms with Crippen molar-refractivity contribution in [3.05, 3.63) is 42.2 Å². The van der Waals surface area contributed by atoms with Crippen molar-refractivity contribution in [2.75, 3.05) is 49.2 Å².